The molecule has 1 N–H and O–H groups in total. The van der Waals surface area contributed by atoms with Gasteiger partial charge >= 0.3 is 6.03 Å². The van der Waals surface area contributed by atoms with Crippen molar-refractivity contribution in [1.29, 1.82) is 0 Å². The molecule has 1 aromatic heterocycles. The second-order valence-corrected chi connectivity index (χ2v) is 6.80. The van der Waals surface area contributed by atoms with Crippen LogP contribution in [0.5, 0.6) is 0 Å². The number of halogens is 1. The van der Waals surface area contributed by atoms with Gasteiger partial charge in [-0.3, -0.25) is 0 Å². The van der Waals surface area contributed by atoms with Crippen LogP contribution in [0.2, 0.25) is 0 Å². The average molecular weight is 380 g/mol. The Morgan fingerprint density at radius 3 is 2.68 bits per heavy atom. The summed E-state index contributed by atoms with van der Waals surface area (Å²) in [7, 11) is 0. The Labute approximate surface area is 162 Å². The minimum absolute atomic E-state index is 0.187. The maximum Gasteiger partial charge on any atom is 0.322 e. The highest BCUT2D eigenvalue weighted by atomic mass is 19.1. The van der Waals surface area contributed by atoms with E-state index in [-0.39, 0.29) is 17.9 Å². The molecule has 2 amide bonds. The van der Waals surface area contributed by atoms with Gasteiger partial charge in [-0.15, -0.1) is 0 Å². The minimum Gasteiger partial charge on any atom is -0.337 e. The van der Waals surface area contributed by atoms with E-state index < -0.39 is 0 Å². The second-order valence-electron chi connectivity index (χ2n) is 6.80. The summed E-state index contributed by atoms with van der Waals surface area (Å²) in [6.45, 7) is 2.71. The SMILES string of the molecule is CCc1ccc(NC(=O)N2CCCC2c2nc(-c3ccc(F)cc3)no2)cc1. The lowest BCUT2D eigenvalue weighted by molar-refractivity contribution is 0.193. The number of rotatable bonds is 4. The number of nitrogens with one attached hydrogen (secondary N) is 1. The van der Waals surface area contributed by atoms with Gasteiger partial charge < -0.3 is 14.7 Å². The van der Waals surface area contributed by atoms with E-state index in [1.54, 1.807) is 17.0 Å². The molecule has 144 valence electrons. The monoisotopic (exact) mass is 380 g/mol. The largest absolute Gasteiger partial charge is 0.337 e. The Morgan fingerprint density at radius 1 is 1.21 bits per heavy atom. The quantitative estimate of drug-likeness (QED) is 0.705. The number of likely N-dealkylation sites (tertiary alicyclic amines) is 1. The molecule has 0 saturated carbocycles. The van der Waals surface area contributed by atoms with Crippen LogP contribution in [-0.2, 0) is 6.42 Å². The van der Waals surface area contributed by atoms with E-state index in [2.05, 4.69) is 22.4 Å². The molecule has 0 radical (unpaired) electrons. The summed E-state index contributed by atoms with van der Waals surface area (Å²) in [6.07, 6.45) is 2.57. The normalized spacial score (nSPS) is 16.4. The number of hydrogen-bond donors (Lipinski definition) is 1. The zero-order valence-corrected chi connectivity index (χ0v) is 15.6. The van der Waals surface area contributed by atoms with Crippen LogP contribution >= 0.6 is 0 Å². The number of nitrogens with zero attached hydrogens (tertiary/aromatic N) is 3. The zero-order chi connectivity index (χ0) is 19.5. The predicted octanol–water partition coefficient (Wildman–Crippen LogP) is 4.81. The van der Waals surface area contributed by atoms with Crippen LogP contribution in [0.1, 0.15) is 37.3 Å². The summed E-state index contributed by atoms with van der Waals surface area (Å²) in [6, 6.07) is 13.3. The lowest BCUT2D eigenvalue weighted by Gasteiger charge is -2.22. The van der Waals surface area contributed by atoms with E-state index >= 15 is 0 Å². The first kappa shape index (κ1) is 18.2. The van der Waals surface area contributed by atoms with Gasteiger partial charge in [-0.25, -0.2) is 9.18 Å². The van der Waals surface area contributed by atoms with Gasteiger partial charge in [-0.1, -0.05) is 24.2 Å². The van der Waals surface area contributed by atoms with Crippen LogP contribution in [0.15, 0.2) is 53.1 Å². The minimum atomic E-state index is -0.321. The maximum absolute atomic E-state index is 13.1. The van der Waals surface area contributed by atoms with Gasteiger partial charge in [-0.05, 0) is 61.2 Å². The Balaban J connectivity index is 1.48. The maximum atomic E-state index is 13.1. The lowest BCUT2D eigenvalue weighted by Crippen LogP contribution is -2.34. The predicted molar refractivity (Wildman–Crippen MR) is 103 cm³/mol. The number of carbonyl (C=O) groups excluding carboxylic acids is 1. The molecule has 0 aliphatic carbocycles. The molecule has 1 saturated heterocycles. The van der Waals surface area contributed by atoms with Crippen LogP contribution in [0.25, 0.3) is 11.4 Å². The highest BCUT2D eigenvalue weighted by Gasteiger charge is 2.34. The number of amides is 2. The number of carbonyl (C=O) groups is 1. The van der Waals surface area contributed by atoms with Crippen molar-refractivity contribution in [2.75, 3.05) is 11.9 Å². The van der Waals surface area contributed by atoms with E-state index in [1.807, 2.05) is 24.3 Å². The summed E-state index contributed by atoms with van der Waals surface area (Å²) in [4.78, 5) is 18.9. The fourth-order valence-electron chi connectivity index (χ4n) is 3.37. The standard InChI is InChI=1S/C21H21FN4O2/c1-2-14-5-11-17(12-6-14)23-21(27)26-13-3-4-18(26)20-24-19(25-28-20)15-7-9-16(22)10-8-15/h5-12,18H,2-4,13H2,1H3,(H,23,27). The van der Waals surface area contributed by atoms with Gasteiger partial charge in [-0.2, -0.15) is 4.98 Å². The number of hydrogen-bond acceptors (Lipinski definition) is 4. The summed E-state index contributed by atoms with van der Waals surface area (Å²) in [5, 5.41) is 6.93. The summed E-state index contributed by atoms with van der Waals surface area (Å²) >= 11 is 0. The molecule has 0 bridgehead atoms. The third-order valence-electron chi connectivity index (χ3n) is 4.96. The van der Waals surface area contributed by atoms with Crippen molar-refractivity contribution in [3.63, 3.8) is 0 Å². The fraction of sp³-hybridized carbons (Fsp3) is 0.286. The van der Waals surface area contributed by atoms with Gasteiger partial charge in [0.25, 0.3) is 0 Å². The molecule has 1 unspecified atom stereocenters. The topological polar surface area (TPSA) is 71.3 Å². The van der Waals surface area contributed by atoms with E-state index in [1.165, 1.54) is 17.7 Å². The molecule has 2 aromatic carbocycles. The Kier molecular flexibility index (Phi) is 5.06. The van der Waals surface area contributed by atoms with Crippen LogP contribution in [0.3, 0.4) is 0 Å². The molecular formula is C21H21FN4O2. The Hall–Kier alpha value is -3.22. The van der Waals surface area contributed by atoms with Crippen LogP contribution in [0, 0.1) is 5.82 Å². The third kappa shape index (κ3) is 3.74. The summed E-state index contributed by atoms with van der Waals surface area (Å²) < 4.78 is 18.5. The lowest BCUT2D eigenvalue weighted by atomic mass is 10.1. The molecular weight excluding hydrogens is 359 g/mol. The molecule has 7 heteroatoms. The summed E-state index contributed by atoms with van der Waals surface area (Å²) in [5.41, 5.74) is 2.64. The van der Waals surface area contributed by atoms with E-state index in [0.717, 1.165) is 24.9 Å². The second kappa shape index (κ2) is 7.80. The van der Waals surface area contributed by atoms with Crippen molar-refractivity contribution < 1.29 is 13.7 Å². The molecule has 4 rings (SSSR count). The third-order valence-corrected chi connectivity index (χ3v) is 4.96. The first-order chi connectivity index (χ1) is 13.6. The van der Waals surface area contributed by atoms with Crippen molar-refractivity contribution in [3.8, 4) is 11.4 Å². The molecule has 1 aliphatic rings. The Bertz CT molecular complexity index is 953. The molecule has 0 spiro atoms. The summed E-state index contributed by atoms with van der Waals surface area (Å²) in [5.74, 6) is 0.462. The Morgan fingerprint density at radius 2 is 1.96 bits per heavy atom. The highest BCUT2D eigenvalue weighted by molar-refractivity contribution is 5.89. The molecule has 1 atom stereocenters. The van der Waals surface area contributed by atoms with Crippen molar-refractivity contribution >= 4 is 11.7 Å². The molecule has 6 nitrogen and oxygen atoms in total. The van der Waals surface area contributed by atoms with Gasteiger partial charge in [0.2, 0.25) is 11.7 Å². The first-order valence-corrected chi connectivity index (χ1v) is 9.40. The van der Waals surface area contributed by atoms with Crippen molar-refractivity contribution in [3.05, 3.63) is 65.8 Å². The van der Waals surface area contributed by atoms with Gasteiger partial charge in [0.15, 0.2) is 0 Å². The molecule has 2 heterocycles. The van der Waals surface area contributed by atoms with Crippen molar-refractivity contribution in [1.82, 2.24) is 15.0 Å². The van der Waals surface area contributed by atoms with E-state index in [0.29, 0.717) is 23.8 Å². The number of benzene rings is 2. The zero-order valence-electron chi connectivity index (χ0n) is 15.6. The number of aryl methyl sites for hydroxylation is 1. The van der Waals surface area contributed by atoms with Crippen molar-refractivity contribution in [2.45, 2.75) is 32.2 Å². The molecule has 1 aliphatic heterocycles. The number of aromatic nitrogens is 2. The van der Waals surface area contributed by atoms with Gasteiger partial charge in [0.1, 0.15) is 11.9 Å². The van der Waals surface area contributed by atoms with Gasteiger partial charge in [0, 0.05) is 17.8 Å². The van der Waals surface area contributed by atoms with E-state index in [4.69, 9.17) is 4.52 Å². The van der Waals surface area contributed by atoms with Crippen molar-refractivity contribution in [2.24, 2.45) is 0 Å². The van der Waals surface area contributed by atoms with Crippen LogP contribution in [-0.4, -0.2) is 27.6 Å². The molecule has 1 fully saturated rings. The number of anilines is 1. The van der Waals surface area contributed by atoms with E-state index in [9.17, 15) is 9.18 Å². The van der Waals surface area contributed by atoms with Crippen LogP contribution < -0.4 is 5.32 Å². The number of urea groups is 1. The van der Waals surface area contributed by atoms with Gasteiger partial charge in [0.05, 0.1) is 0 Å². The molecule has 28 heavy (non-hydrogen) atoms. The average Bonchev–Trinajstić information content (AvgIpc) is 3.38. The molecule has 3 aromatic rings. The highest BCUT2D eigenvalue weighted by Crippen LogP contribution is 2.32. The smallest absolute Gasteiger partial charge is 0.322 e. The first-order valence-electron chi connectivity index (χ1n) is 9.40. The van der Waals surface area contributed by atoms with Crippen LogP contribution in [0.4, 0.5) is 14.9 Å². The fourth-order valence-corrected chi connectivity index (χ4v) is 3.37.